The zero-order chi connectivity index (χ0) is 16.8. The Hall–Kier alpha value is -1.77. The molecule has 1 aromatic carbocycles. The van der Waals surface area contributed by atoms with Gasteiger partial charge in [0.1, 0.15) is 0 Å². The number of anilines is 1. The lowest BCUT2D eigenvalue weighted by Crippen LogP contribution is -2.47. The van der Waals surface area contributed by atoms with Gasteiger partial charge in [0.25, 0.3) is 10.1 Å². The van der Waals surface area contributed by atoms with E-state index in [1.807, 2.05) is 0 Å². The van der Waals surface area contributed by atoms with E-state index in [1.54, 1.807) is 5.43 Å². The van der Waals surface area contributed by atoms with Crippen molar-refractivity contribution in [2.45, 2.75) is 4.90 Å². The van der Waals surface area contributed by atoms with Crippen LogP contribution in [0.15, 0.2) is 29.2 Å². The Bertz CT molecular complexity index is 694. The van der Waals surface area contributed by atoms with Crippen LogP contribution < -0.4 is 27.3 Å². The van der Waals surface area contributed by atoms with Crippen molar-refractivity contribution in [1.82, 2.24) is 5.43 Å². The topological polar surface area (TPSA) is 199 Å². The van der Waals surface area contributed by atoms with Gasteiger partial charge in [0.05, 0.1) is 16.8 Å². The number of hydrogen-bond acceptors (Lipinski definition) is 7. The molecule has 0 aliphatic rings. The van der Waals surface area contributed by atoms with Crippen molar-refractivity contribution < 1.29 is 26.2 Å². The standard InChI is InChI=1S/C7H11N5O3S.CH4O3S/c8-11-7(13)12(9)5-2-1-3-6(4-5)16(10,14)15;1-5(2,3)4/h1-4H,8-9H2,(H,11,13)(H2,10,14,15);1H3,(H,2,3,4). The second-order valence-corrected chi connectivity index (χ2v) is 6.62. The average Bonchev–Trinajstić information content (AvgIpc) is 2.34. The van der Waals surface area contributed by atoms with Crippen LogP contribution in [0.2, 0.25) is 0 Å². The zero-order valence-corrected chi connectivity index (χ0v) is 12.4. The Morgan fingerprint density at radius 2 is 1.76 bits per heavy atom. The third-order valence-electron chi connectivity index (χ3n) is 1.77. The van der Waals surface area contributed by atoms with E-state index in [-0.39, 0.29) is 10.6 Å². The summed E-state index contributed by atoms with van der Waals surface area (Å²) >= 11 is 0. The predicted molar refractivity (Wildman–Crippen MR) is 74.7 cm³/mol. The first kappa shape index (κ1) is 19.2. The molecule has 1 rings (SSSR count). The number of carbonyl (C=O) groups excluding carboxylic acids is 1. The van der Waals surface area contributed by atoms with E-state index in [1.165, 1.54) is 18.2 Å². The third kappa shape index (κ3) is 8.18. The van der Waals surface area contributed by atoms with Crippen molar-refractivity contribution in [2.24, 2.45) is 16.8 Å². The van der Waals surface area contributed by atoms with Crippen LogP contribution in [-0.4, -0.2) is 33.7 Å². The van der Waals surface area contributed by atoms with Gasteiger partial charge in [-0.25, -0.2) is 35.0 Å². The molecule has 0 radical (unpaired) electrons. The highest BCUT2D eigenvalue weighted by Crippen LogP contribution is 2.16. The molecular weight excluding hydrogens is 326 g/mol. The lowest BCUT2D eigenvalue weighted by Gasteiger charge is -2.15. The molecule has 0 unspecified atom stereocenters. The average molecular weight is 341 g/mol. The maximum atomic E-state index is 11.1. The van der Waals surface area contributed by atoms with Crippen LogP contribution in [0.25, 0.3) is 0 Å². The summed E-state index contributed by atoms with van der Waals surface area (Å²) in [6.45, 7) is 0. The predicted octanol–water partition coefficient (Wildman–Crippen LogP) is -1.90. The number of hydrazine groups is 2. The fraction of sp³-hybridized carbons (Fsp3) is 0.125. The van der Waals surface area contributed by atoms with E-state index >= 15 is 0 Å². The summed E-state index contributed by atoms with van der Waals surface area (Å²) in [5.41, 5.74) is 1.95. The monoisotopic (exact) mass is 341 g/mol. The lowest BCUT2D eigenvalue weighted by atomic mass is 10.3. The summed E-state index contributed by atoms with van der Waals surface area (Å²) in [4.78, 5) is 10.9. The normalized spacial score (nSPS) is 11.1. The molecule has 0 bridgehead atoms. The fourth-order valence-corrected chi connectivity index (χ4v) is 1.55. The number of sulfonamides is 1. The number of nitrogens with one attached hydrogen (secondary N) is 1. The summed E-state index contributed by atoms with van der Waals surface area (Å²) in [5, 5.41) is 5.58. The summed E-state index contributed by atoms with van der Waals surface area (Å²) < 4.78 is 47.9. The Morgan fingerprint density at radius 1 is 1.29 bits per heavy atom. The number of carbonyl (C=O) groups is 1. The van der Waals surface area contributed by atoms with Crippen molar-refractivity contribution in [3.63, 3.8) is 0 Å². The number of nitrogens with zero attached hydrogens (tertiary/aromatic N) is 1. The Balaban J connectivity index is 0.000000690. The second-order valence-electron chi connectivity index (χ2n) is 3.59. The molecule has 0 aromatic heterocycles. The Labute approximate surface area is 121 Å². The molecule has 0 aliphatic carbocycles. The maximum Gasteiger partial charge on any atom is 0.350 e. The second kappa shape index (κ2) is 7.30. The number of primary sulfonamides is 1. The van der Waals surface area contributed by atoms with Gasteiger partial charge in [0.2, 0.25) is 10.0 Å². The number of urea groups is 1. The van der Waals surface area contributed by atoms with E-state index in [9.17, 15) is 21.6 Å². The molecule has 13 heteroatoms. The van der Waals surface area contributed by atoms with E-state index < -0.39 is 26.2 Å². The van der Waals surface area contributed by atoms with E-state index in [0.717, 1.165) is 6.07 Å². The molecule has 0 saturated carbocycles. The number of hydrogen-bond donors (Lipinski definition) is 5. The van der Waals surface area contributed by atoms with Gasteiger partial charge in [-0.2, -0.15) is 8.42 Å². The SMILES string of the molecule is CS(=O)(=O)O.NNC(=O)N(N)c1cccc(S(N)(=O)=O)c1. The quantitative estimate of drug-likeness (QED) is 0.178. The maximum absolute atomic E-state index is 11.1. The first-order chi connectivity index (χ1) is 9.36. The number of nitrogens with two attached hydrogens (primary N) is 3. The Kier molecular flexibility index (Phi) is 6.68. The summed E-state index contributed by atoms with van der Waals surface area (Å²) in [7, 11) is -7.50. The van der Waals surface area contributed by atoms with Gasteiger partial charge >= 0.3 is 6.03 Å². The van der Waals surface area contributed by atoms with Gasteiger partial charge < -0.3 is 0 Å². The molecule has 0 heterocycles. The molecule has 21 heavy (non-hydrogen) atoms. The van der Waals surface area contributed by atoms with Gasteiger partial charge in [-0.05, 0) is 18.2 Å². The van der Waals surface area contributed by atoms with Gasteiger partial charge in [0, 0.05) is 0 Å². The summed E-state index contributed by atoms with van der Waals surface area (Å²) in [5.74, 6) is 10.2. The van der Waals surface area contributed by atoms with Gasteiger partial charge in [-0.3, -0.25) is 9.98 Å². The highest BCUT2D eigenvalue weighted by atomic mass is 32.2. The molecule has 2 amide bonds. The molecule has 0 spiro atoms. The number of amides is 2. The molecule has 120 valence electrons. The minimum absolute atomic E-state index is 0.148. The Morgan fingerprint density at radius 3 is 2.14 bits per heavy atom. The highest BCUT2D eigenvalue weighted by Gasteiger charge is 2.13. The molecule has 0 fully saturated rings. The lowest BCUT2D eigenvalue weighted by molar-refractivity contribution is 0.246. The molecule has 0 saturated heterocycles. The van der Waals surface area contributed by atoms with Crippen LogP contribution in [0.5, 0.6) is 0 Å². The van der Waals surface area contributed by atoms with Crippen molar-refractivity contribution in [3.8, 4) is 0 Å². The van der Waals surface area contributed by atoms with Crippen LogP contribution in [0.4, 0.5) is 10.5 Å². The molecule has 8 N–H and O–H groups in total. The smallest absolute Gasteiger partial charge is 0.286 e. The molecular formula is C8H15N5O6S2. The first-order valence-electron chi connectivity index (χ1n) is 4.97. The van der Waals surface area contributed by atoms with Gasteiger partial charge in [0.15, 0.2) is 0 Å². The molecule has 0 atom stereocenters. The van der Waals surface area contributed by atoms with Gasteiger partial charge in [-0.15, -0.1) is 0 Å². The van der Waals surface area contributed by atoms with Gasteiger partial charge in [-0.1, -0.05) is 6.07 Å². The van der Waals surface area contributed by atoms with E-state index in [2.05, 4.69) is 0 Å². The van der Waals surface area contributed by atoms with Crippen LogP contribution in [0, 0.1) is 0 Å². The van der Waals surface area contributed by atoms with E-state index in [4.69, 9.17) is 21.4 Å². The summed E-state index contributed by atoms with van der Waals surface area (Å²) in [6.07, 6.45) is 0.715. The van der Waals surface area contributed by atoms with Crippen molar-refractivity contribution in [3.05, 3.63) is 24.3 Å². The first-order valence-corrected chi connectivity index (χ1v) is 8.36. The molecule has 1 aromatic rings. The van der Waals surface area contributed by atoms with Crippen molar-refractivity contribution in [2.75, 3.05) is 11.3 Å². The fourth-order valence-electron chi connectivity index (χ4n) is 0.997. The van der Waals surface area contributed by atoms with Crippen LogP contribution in [0.1, 0.15) is 0 Å². The van der Waals surface area contributed by atoms with E-state index in [0.29, 0.717) is 11.3 Å². The highest BCUT2D eigenvalue weighted by molar-refractivity contribution is 7.89. The number of benzene rings is 1. The van der Waals surface area contributed by atoms with Crippen LogP contribution >= 0.6 is 0 Å². The molecule has 0 aliphatic heterocycles. The largest absolute Gasteiger partial charge is 0.350 e. The number of rotatable bonds is 2. The van der Waals surface area contributed by atoms with Crippen LogP contribution in [0.3, 0.4) is 0 Å². The van der Waals surface area contributed by atoms with Crippen molar-refractivity contribution in [1.29, 1.82) is 0 Å². The minimum atomic E-state index is -3.84. The van der Waals surface area contributed by atoms with Crippen LogP contribution in [-0.2, 0) is 20.1 Å². The minimum Gasteiger partial charge on any atom is -0.286 e. The zero-order valence-electron chi connectivity index (χ0n) is 10.8. The van der Waals surface area contributed by atoms with Crippen molar-refractivity contribution >= 4 is 31.9 Å². The summed E-state index contributed by atoms with van der Waals surface area (Å²) in [6, 6.07) is 4.49. The third-order valence-corrected chi connectivity index (χ3v) is 2.68. The molecule has 11 nitrogen and oxygen atoms in total.